The zero-order valence-corrected chi connectivity index (χ0v) is 11.4. The molecule has 15 heavy (non-hydrogen) atoms. The fraction of sp³-hybridized carbons (Fsp3) is 1.00. The van der Waals surface area contributed by atoms with Crippen molar-refractivity contribution in [3.63, 3.8) is 0 Å². The summed E-state index contributed by atoms with van der Waals surface area (Å²) in [5, 5.41) is 0. The van der Waals surface area contributed by atoms with Crippen LogP contribution in [0, 0.1) is 11.8 Å². The molecule has 0 aromatic heterocycles. The molecule has 0 bridgehead atoms. The van der Waals surface area contributed by atoms with Gasteiger partial charge < -0.3 is 0 Å². The molecule has 0 aromatic rings. The quantitative estimate of drug-likeness (QED) is 0.676. The summed E-state index contributed by atoms with van der Waals surface area (Å²) in [5.41, 5.74) is 0.364. The van der Waals surface area contributed by atoms with Gasteiger partial charge in [0.05, 0.1) is 0 Å². The maximum atomic E-state index is 2.77. The van der Waals surface area contributed by atoms with Crippen molar-refractivity contribution in [1.29, 1.82) is 0 Å². The minimum absolute atomic E-state index is 0.364. The van der Waals surface area contributed by atoms with E-state index in [1.807, 2.05) is 0 Å². The predicted molar refractivity (Wildman–Crippen MR) is 69.5 cm³/mol. The summed E-state index contributed by atoms with van der Waals surface area (Å²) in [6, 6.07) is 0.850. The number of rotatable bonds is 1. The molecule has 3 atom stereocenters. The highest BCUT2D eigenvalue weighted by atomic mass is 32.2. The lowest BCUT2D eigenvalue weighted by Gasteiger charge is -2.38. The summed E-state index contributed by atoms with van der Waals surface area (Å²) in [6.07, 6.45) is 2.79. The van der Waals surface area contributed by atoms with Crippen LogP contribution >= 0.6 is 11.8 Å². The first-order valence-corrected chi connectivity index (χ1v) is 7.54. The van der Waals surface area contributed by atoms with Gasteiger partial charge in [0.15, 0.2) is 0 Å². The van der Waals surface area contributed by atoms with E-state index >= 15 is 0 Å². The van der Waals surface area contributed by atoms with Gasteiger partial charge in [0.1, 0.15) is 0 Å². The molecule has 2 heteroatoms. The maximum Gasteiger partial charge on any atom is 0.0137 e. The van der Waals surface area contributed by atoms with E-state index in [4.69, 9.17) is 0 Å². The summed E-state index contributed by atoms with van der Waals surface area (Å²) in [5.74, 6) is 4.79. The van der Waals surface area contributed by atoms with Gasteiger partial charge in [0.25, 0.3) is 0 Å². The molecule has 2 saturated heterocycles. The number of fused-ring (bicyclic) bond motifs is 1. The lowest BCUT2D eigenvalue weighted by Crippen LogP contribution is -2.45. The Morgan fingerprint density at radius 1 is 1.33 bits per heavy atom. The van der Waals surface area contributed by atoms with Gasteiger partial charge >= 0.3 is 0 Å². The van der Waals surface area contributed by atoms with E-state index in [0.29, 0.717) is 5.54 Å². The molecule has 2 aliphatic heterocycles. The molecule has 3 unspecified atom stereocenters. The van der Waals surface area contributed by atoms with Crippen LogP contribution in [0.15, 0.2) is 0 Å². The van der Waals surface area contributed by atoms with Crippen molar-refractivity contribution in [3.05, 3.63) is 0 Å². The van der Waals surface area contributed by atoms with Crippen LogP contribution in [0.2, 0.25) is 0 Å². The van der Waals surface area contributed by atoms with Crippen LogP contribution in [0.3, 0.4) is 0 Å². The first-order chi connectivity index (χ1) is 7.04. The zero-order valence-electron chi connectivity index (χ0n) is 10.6. The first-order valence-electron chi connectivity index (χ1n) is 6.38. The fourth-order valence-corrected chi connectivity index (χ4v) is 4.77. The Kier molecular flexibility index (Phi) is 3.37. The van der Waals surface area contributed by atoms with Gasteiger partial charge in [-0.15, -0.1) is 0 Å². The van der Waals surface area contributed by atoms with Crippen molar-refractivity contribution >= 4 is 11.8 Å². The van der Waals surface area contributed by atoms with Gasteiger partial charge in [-0.3, -0.25) is 4.90 Å². The van der Waals surface area contributed by atoms with Crippen LogP contribution in [0.4, 0.5) is 0 Å². The minimum Gasteiger partial charge on any atom is -0.295 e. The zero-order chi connectivity index (χ0) is 11.1. The standard InChI is InChI=1S/C13H25NS/c1-5-12-11-9-15-7-6-10(11)8-14(12)13(2,3)4/h10-12H,5-9H2,1-4H3. The molecule has 0 amide bonds. The normalized spacial score (nSPS) is 38.0. The molecule has 0 spiro atoms. The largest absolute Gasteiger partial charge is 0.295 e. The molecule has 0 saturated carbocycles. The van der Waals surface area contributed by atoms with Crippen molar-refractivity contribution in [2.75, 3.05) is 18.1 Å². The number of likely N-dealkylation sites (tertiary alicyclic amines) is 1. The monoisotopic (exact) mass is 227 g/mol. The molecule has 0 radical (unpaired) electrons. The maximum absolute atomic E-state index is 2.77. The summed E-state index contributed by atoms with van der Waals surface area (Å²) in [4.78, 5) is 2.77. The van der Waals surface area contributed by atoms with E-state index in [1.54, 1.807) is 0 Å². The van der Waals surface area contributed by atoms with Crippen LogP contribution in [-0.2, 0) is 0 Å². The van der Waals surface area contributed by atoms with Crippen LogP contribution in [0.1, 0.15) is 40.5 Å². The Labute approximate surface area is 99.0 Å². The highest BCUT2D eigenvalue weighted by Crippen LogP contribution is 2.42. The Bertz CT molecular complexity index is 221. The van der Waals surface area contributed by atoms with Crippen molar-refractivity contribution in [3.8, 4) is 0 Å². The highest BCUT2D eigenvalue weighted by molar-refractivity contribution is 7.99. The fourth-order valence-electron chi connectivity index (χ4n) is 3.37. The van der Waals surface area contributed by atoms with E-state index in [9.17, 15) is 0 Å². The van der Waals surface area contributed by atoms with Crippen molar-refractivity contribution < 1.29 is 0 Å². The van der Waals surface area contributed by atoms with Crippen LogP contribution < -0.4 is 0 Å². The molecule has 0 aromatic carbocycles. The average molecular weight is 227 g/mol. The van der Waals surface area contributed by atoms with Gasteiger partial charge in [0, 0.05) is 18.1 Å². The Morgan fingerprint density at radius 3 is 2.67 bits per heavy atom. The van der Waals surface area contributed by atoms with Crippen molar-refractivity contribution in [1.82, 2.24) is 4.90 Å². The van der Waals surface area contributed by atoms with Gasteiger partial charge in [-0.2, -0.15) is 11.8 Å². The van der Waals surface area contributed by atoms with Gasteiger partial charge in [-0.25, -0.2) is 0 Å². The van der Waals surface area contributed by atoms with Crippen molar-refractivity contribution in [2.45, 2.75) is 52.1 Å². The van der Waals surface area contributed by atoms with E-state index < -0.39 is 0 Å². The minimum atomic E-state index is 0.364. The molecule has 2 fully saturated rings. The SMILES string of the molecule is CCC1C2CSCCC2CN1C(C)(C)C. The topological polar surface area (TPSA) is 3.24 Å². The van der Waals surface area contributed by atoms with Crippen molar-refractivity contribution in [2.24, 2.45) is 11.8 Å². The molecule has 2 aliphatic rings. The van der Waals surface area contributed by atoms with E-state index in [-0.39, 0.29) is 0 Å². The number of thioether (sulfide) groups is 1. The van der Waals surface area contributed by atoms with E-state index in [2.05, 4.69) is 44.4 Å². The lowest BCUT2D eigenvalue weighted by molar-refractivity contribution is 0.107. The molecule has 0 N–H and O–H groups in total. The number of hydrogen-bond acceptors (Lipinski definition) is 2. The Morgan fingerprint density at radius 2 is 2.07 bits per heavy atom. The predicted octanol–water partition coefficient (Wildman–Crippen LogP) is 3.25. The Balaban J connectivity index is 2.14. The van der Waals surface area contributed by atoms with Crippen LogP contribution in [0.25, 0.3) is 0 Å². The smallest absolute Gasteiger partial charge is 0.0137 e. The number of hydrogen-bond donors (Lipinski definition) is 0. The third-order valence-corrected chi connectivity index (χ3v) is 5.30. The molecular weight excluding hydrogens is 202 g/mol. The summed E-state index contributed by atoms with van der Waals surface area (Å²) < 4.78 is 0. The number of nitrogens with zero attached hydrogens (tertiary/aromatic N) is 1. The second-order valence-corrected chi connectivity index (χ2v) is 7.24. The van der Waals surface area contributed by atoms with Gasteiger partial charge in [-0.05, 0) is 57.0 Å². The molecule has 1 nitrogen and oxygen atoms in total. The van der Waals surface area contributed by atoms with E-state index in [0.717, 1.165) is 17.9 Å². The van der Waals surface area contributed by atoms with Gasteiger partial charge in [0.2, 0.25) is 0 Å². The summed E-state index contributed by atoms with van der Waals surface area (Å²) in [6.45, 7) is 10.8. The van der Waals surface area contributed by atoms with Crippen LogP contribution in [-0.4, -0.2) is 34.5 Å². The van der Waals surface area contributed by atoms with Gasteiger partial charge in [-0.1, -0.05) is 6.92 Å². The summed E-state index contributed by atoms with van der Waals surface area (Å²) in [7, 11) is 0. The molecule has 0 aliphatic carbocycles. The third-order valence-electron chi connectivity index (χ3n) is 4.15. The second kappa shape index (κ2) is 4.29. The first kappa shape index (κ1) is 11.8. The third kappa shape index (κ3) is 2.21. The molecule has 88 valence electrons. The molecular formula is C13H25NS. The Hall–Kier alpha value is 0.310. The molecule has 2 heterocycles. The van der Waals surface area contributed by atoms with E-state index in [1.165, 1.54) is 30.9 Å². The van der Waals surface area contributed by atoms with Crippen LogP contribution in [0.5, 0.6) is 0 Å². The second-order valence-electron chi connectivity index (χ2n) is 6.09. The lowest BCUT2D eigenvalue weighted by atomic mass is 9.88. The molecule has 2 rings (SSSR count). The highest BCUT2D eigenvalue weighted by Gasteiger charge is 2.45. The summed E-state index contributed by atoms with van der Waals surface area (Å²) >= 11 is 2.18. The average Bonchev–Trinajstić information content (AvgIpc) is 2.55.